The molecule has 0 aliphatic rings. The molecule has 0 radical (unpaired) electrons. The molecule has 0 unspecified atom stereocenters. The number of ether oxygens (including phenoxy) is 1. The van der Waals surface area contributed by atoms with Gasteiger partial charge in [0, 0.05) is 0 Å². The molecule has 0 aromatic rings. The average Bonchev–Trinajstić information content (AvgIpc) is 2.49. The molecule has 4 N–H and O–H groups in total. The molecule has 21 heavy (non-hydrogen) atoms. The molecule has 0 aliphatic carbocycles. The van der Waals surface area contributed by atoms with Gasteiger partial charge in [-0.15, -0.1) is 0 Å². The topological polar surface area (TPSA) is 107 Å². The summed E-state index contributed by atoms with van der Waals surface area (Å²) in [6.07, 6.45) is -2.13. The third kappa shape index (κ3) is 7.22. The maximum atomic E-state index is 11.9. The Morgan fingerprint density at radius 3 is 1.81 bits per heavy atom. The second-order valence-electron chi connectivity index (χ2n) is 5.43. The van der Waals surface area contributed by atoms with Crippen LogP contribution in [0.25, 0.3) is 0 Å². The molecule has 0 spiro atoms. The SMILES string of the molecule is CCCC(CCC)C(=O)OC[C@@H](O)[C@@H](O)[C@H](O)[C@H](O)CC. The highest BCUT2D eigenvalue weighted by molar-refractivity contribution is 5.72. The predicted molar refractivity (Wildman–Crippen MR) is 78.6 cm³/mol. The van der Waals surface area contributed by atoms with Crippen LogP contribution in [-0.4, -0.2) is 57.4 Å². The Balaban J connectivity index is 4.32. The zero-order valence-electron chi connectivity index (χ0n) is 13.2. The number of hydrogen-bond acceptors (Lipinski definition) is 6. The predicted octanol–water partition coefficient (Wildman–Crippen LogP) is 0.600. The van der Waals surface area contributed by atoms with Crippen LogP contribution in [0.1, 0.15) is 52.9 Å². The lowest BCUT2D eigenvalue weighted by atomic mass is 9.98. The van der Waals surface area contributed by atoms with Gasteiger partial charge in [0.2, 0.25) is 0 Å². The van der Waals surface area contributed by atoms with Gasteiger partial charge in [0.15, 0.2) is 0 Å². The standard InChI is InChI=1S/C15H30O6/c1-4-7-10(8-5-2)15(20)21-9-12(17)14(19)13(18)11(16)6-3/h10-14,16-19H,4-9H2,1-3H3/t11-,12-,13-,14-/m1/s1. The minimum atomic E-state index is -1.55. The van der Waals surface area contributed by atoms with E-state index in [1.807, 2.05) is 13.8 Å². The van der Waals surface area contributed by atoms with Crippen molar-refractivity contribution in [1.82, 2.24) is 0 Å². The van der Waals surface area contributed by atoms with E-state index in [4.69, 9.17) is 4.74 Å². The fraction of sp³-hybridized carbons (Fsp3) is 0.933. The lowest BCUT2D eigenvalue weighted by Gasteiger charge is -2.26. The van der Waals surface area contributed by atoms with Crippen molar-refractivity contribution in [2.75, 3.05) is 6.61 Å². The zero-order valence-corrected chi connectivity index (χ0v) is 13.2. The summed E-state index contributed by atoms with van der Waals surface area (Å²) in [4.78, 5) is 11.9. The number of aliphatic hydroxyl groups excluding tert-OH is 4. The third-order valence-corrected chi connectivity index (χ3v) is 3.56. The van der Waals surface area contributed by atoms with E-state index in [-0.39, 0.29) is 12.3 Å². The van der Waals surface area contributed by atoms with E-state index in [2.05, 4.69) is 0 Å². The van der Waals surface area contributed by atoms with Gasteiger partial charge in [-0.1, -0.05) is 33.6 Å². The van der Waals surface area contributed by atoms with Crippen molar-refractivity contribution < 1.29 is 30.0 Å². The lowest BCUT2D eigenvalue weighted by Crippen LogP contribution is -2.46. The number of carbonyl (C=O) groups is 1. The molecular weight excluding hydrogens is 276 g/mol. The Morgan fingerprint density at radius 2 is 1.38 bits per heavy atom. The summed E-state index contributed by atoms with van der Waals surface area (Å²) >= 11 is 0. The highest BCUT2D eigenvalue weighted by Gasteiger charge is 2.30. The van der Waals surface area contributed by atoms with Crippen molar-refractivity contribution >= 4 is 5.97 Å². The minimum Gasteiger partial charge on any atom is -0.463 e. The summed E-state index contributed by atoms with van der Waals surface area (Å²) in [5.74, 6) is -0.592. The second-order valence-corrected chi connectivity index (χ2v) is 5.43. The number of carbonyl (C=O) groups excluding carboxylic acids is 1. The largest absolute Gasteiger partial charge is 0.463 e. The van der Waals surface area contributed by atoms with Crippen molar-refractivity contribution in [2.45, 2.75) is 77.3 Å². The molecule has 6 nitrogen and oxygen atoms in total. The molecule has 6 heteroatoms. The normalized spacial score (nSPS) is 17.3. The molecule has 126 valence electrons. The Kier molecular flexibility index (Phi) is 10.6. The molecule has 0 aromatic carbocycles. The Morgan fingerprint density at radius 1 is 0.905 bits per heavy atom. The first-order valence-electron chi connectivity index (χ1n) is 7.77. The third-order valence-electron chi connectivity index (χ3n) is 3.56. The van der Waals surface area contributed by atoms with E-state index in [0.717, 1.165) is 25.7 Å². The number of rotatable bonds is 11. The van der Waals surface area contributed by atoms with Crippen molar-refractivity contribution in [3.63, 3.8) is 0 Å². The Bertz CT molecular complexity index is 277. The van der Waals surface area contributed by atoms with E-state index in [1.54, 1.807) is 6.92 Å². The summed E-state index contributed by atoms with van der Waals surface area (Å²) in [5.41, 5.74) is 0. The van der Waals surface area contributed by atoms with E-state index in [1.165, 1.54) is 0 Å². The maximum absolute atomic E-state index is 11.9. The first-order valence-corrected chi connectivity index (χ1v) is 7.77. The summed E-state index contributed by atoms with van der Waals surface area (Å²) < 4.78 is 5.01. The summed E-state index contributed by atoms with van der Waals surface area (Å²) in [5, 5.41) is 38.4. The summed E-state index contributed by atoms with van der Waals surface area (Å²) in [7, 11) is 0. The Labute approximate surface area is 126 Å². The van der Waals surface area contributed by atoms with E-state index in [0.29, 0.717) is 0 Å². The van der Waals surface area contributed by atoms with Crippen LogP contribution in [0.15, 0.2) is 0 Å². The van der Waals surface area contributed by atoms with Crippen molar-refractivity contribution in [1.29, 1.82) is 0 Å². The van der Waals surface area contributed by atoms with Crippen molar-refractivity contribution in [3.8, 4) is 0 Å². The minimum absolute atomic E-state index is 0.199. The highest BCUT2D eigenvalue weighted by atomic mass is 16.5. The number of esters is 1. The molecule has 0 aromatic heterocycles. The monoisotopic (exact) mass is 306 g/mol. The van der Waals surface area contributed by atoms with Gasteiger partial charge in [0.25, 0.3) is 0 Å². The van der Waals surface area contributed by atoms with Gasteiger partial charge in [-0.05, 0) is 19.3 Å². The van der Waals surface area contributed by atoms with Crippen molar-refractivity contribution in [2.24, 2.45) is 5.92 Å². The molecule has 4 atom stereocenters. The van der Waals surface area contributed by atoms with Crippen LogP contribution in [0.3, 0.4) is 0 Å². The van der Waals surface area contributed by atoms with Gasteiger partial charge in [-0.3, -0.25) is 4.79 Å². The fourth-order valence-corrected chi connectivity index (χ4v) is 2.16. The maximum Gasteiger partial charge on any atom is 0.309 e. The van der Waals surface area contributed by atoms with Crippen LogP contribution in [-0.2, 0) is 9.53 Å². The van der Waals surface area contributed by atoms with Gasteiger partial charge in [0.1, 0.15) is 24.9 Å². The molecule has 0 fully saturated rings. The molecule has 0 rings (SSSR count). The number of aliphatic hydroxyl groups is 4. The van der Waals surface area contributed by atoms with E-state index < -0.39 is 37.0 Å². The first kappa shape index (κ1) is 20.3. The van der Waals surface area contributed by atoms with Gasteiger partial charge in [-0.2, -0.15) is 0 Å². The van der Waals surface area contributed by atoms with Gasteiger partial charge >= 0.3 is 5.97 Å². The highest BCUT2D eigenvalue weighted by Crippen LogP contribution is 2.16. The van der Waals surface area contributed by atoms with Crippen molar-refractivity contribution in [3.05, 3.63) is 0 Å². The summed E-state index contributed by atoms with van der Waals surface area (Å²) in [6.45, 7) is 5.22. The average molecular weight is 306 g/mol. The van der Waals surface area contributed by atoms with Crippen LogP contribution in [0, 0.1) is 5.92 Å². The molecule has 0 amide bonds. The molecule has 0 aliphatic heterocycles. The molecule has 0 bridgehead atoms. The summed E-state index contributed by atoms with van der Waals surface area (Å²) in [6, 6.07) is 0. The molecule has 0 saturated carbocycles. The molecular formula is C15H30O6. The molecule has 0 heterocycles. The van der Waals surface area contributed by atoms with Crippen LogP contribution in [0.4, 0.5) is 0 Å². The van der Waals surface area contributed by atoms with Crippen LogP contribution in [0.2, 0.25) is 0 Å². The van der Waals surface area contributed by atoms with Crippen LogP contribution in [0.5, 0.6) is 0 Å². The smallest absolute Gasteiger partial charge is 0.309 e. The van der Waals surface area contributed by atoms with Gasteiger partial charge in [0.05, 0.1) is 12.0 Å². The quantitative estimate of drug-likeness (QED) is 0.416. The number of hydrogen-bond donors (Lipinski definition) is 4. The van der Waals surface area contributed by atoms with Gasteiger partial charge in [-0.25, -0.2) is 0 Å². The van der Waals surface area contributed by atoms with E-state index in [9.17, 15) is 25.2 Å². The zero-order chi connectivity index (χ0) is 16.4. The van der Waals surface area contributed by atoms with E-state index >= 15 is 0 Å². The second kappa shape index (κ2) is 11.0. The van der Waals surface area contributed by atoms with Crippen LogP contribution >= 0.6 is 0 Å². The molecule has 0 saturated heterocycles. The van der Waals surface area contributed by atoms with Gasteiger partial charge < -0.3 is 25.2 Å². The fourth-order valence-electron chi connectivity index (χ4n) is 2.16. The Hall–Kier alpha value is -0.690. The van der Waals surface area contributed by atoms with Crippen LogP contribution < -0.4 is 0 Å². The first-order chi connectivity index (χ1) is 9.88. The lowest BCUT2D eigenvalue weighted by molar-refractivity contribution is -0.159.